The van der Waals surface area contributed by atoms with Gasteiger partial charge in [0.15, 0.2) is 0 Å². The van der Waals surface area contributed by atoms with Gasteiger partial charge in [0.25, 0.3) is 0 Å². The van der Waals surface area contributed by atoms with Gasteiger partial charge in [-0.1, -0.05) is 91.4 Å². The van der Waals surface area contributed by atoms with Crippen LogP contribution in [0.3, 0.4) is 0 Å². The molecule has 0 unspecified atom stereocenters. The molecule has 3 heteroatoms. The Bertz CT molecular complexity index is 277. The number of carbonyl (C=O) groups is 1. The van der Waals surface area contributed by atoms with Crippen LogP contribution in [0.5, 0.6) is 0 Å². The lowest BCUT2D eigenvalue weighted by molar-refractivity contribution is -0.121. The molecule has 0 aliphatic carbocycles. The summed E-state index contributed by atoms with van der Waals surface area (Å²) in [6, 6.07) is 0. The predicted molar refractivity (Wildman–Crippen MR) is 111 cm³/mol. The maximum Gasteiger partial charge on any atom is 0.219 e. The van der Waals surface area contributed by atoms with Gasteiger partial charge in [-0.3, -0.25) is 4.79 Å². The summed E-state index contributed by atoms with van der Waals surface area (Å²) in [5, 5.41) is 3.06. The van der Waals surface area contributed by atoms with Crippen molar-refractivity contribution in [1.29, 1.82) is 0 Å². The molecule has 0 aromatic rings. The summed E-state index contributed by atoms with van der Waals surface area (Å²) in [5.41, 5.74) is 0. The minimum atomic E-state index is 0.242. The molecular weight excluding hydrogens is 308 g/mol. The Morgan fingerprint density at radius 3 is 1.64 bits per heavy atom. The molecule has 0 saturated carbocycles. The van der Waals surface area contributed by atoms with E-state index in [1.807, 2.05) is 0 Å². The highest BCUT2D eigenvalue weighted by molar-refractivity contribution is 5.75. The van der Waals surface area contributed by atoms with E-state index < -0.39 is 0 Å². The molecule has 0 radical (unpaired) electrons. The highest BCUT2D eigenvalue weighted by atomic mass is 16.1. The van der Waals surface area contributed by atoms with Gasteiger partial charge < -0.3 is 10.2 Å². The second-order valence-corrected chi connectivity index (χ2v) is 7.37. The van der Waals surface area contributed by atoms with E-state index in [1.54, 1.807) is 0 Å². The number of hydrogen-bond acceptors (Lipinski definition) is 2. The smallest absolute Gasteiger partial charge is 0.219 e. The molecule has 3 nitrogen and oxygen atoms in total. The van der Waals surface area contributed by atoms with Crippen molar-refractivity contribution in [2.24, 2.45) is 0 Å². The standard InChI is InChI=1S/C22H46N2O/c1-4-7-8-9-10-11-12-13-14-15-16-17-19-22(25)23-20-18-21-24(5-2)6-3/h4-21H2,1-3H3,(H,23,25). The molecule has 0 rings (SSSR count). The van der Waals surface area contributed by atoms with Crippen molar-refractivity contribution in [1.82, 2.24) is 10.2 Å². The molecule has 0 aromatic carbocycles. The van der Waals surface area contributed by atoms with Crippen LogP contribution in [-0.4, -0.2) is 37.0 Å². The lowest BCUT2D eigenvalue weighted by atomic mass is 10.0. The van der Waals surface area contributed by atoms with Gasteiger partial charge in [-0.15, -0.1) is 0 Å². The first kappa shape index (κ1) is 24.4. The van der Waals surface area contributed by atoms with E-state index in [0.29, 0.717) is 6.42 Å². The van der Waals surface area contributed by atoms with E-state index in [1.165, 1.54) is 70.6 Å². The first-order chi connectivity index (χ1) is 12.2. The second-order valence-electron chi connectivity index (χ2n) is 7.37. The SMILES string of the molecule is CCCCCCCCCCCCCCC(=O)NCCCN(CC)CC. The molecule has 0 aliphatic heterocycles. The van der Waals surface area contributed by atoms with Crippen molar-refractivity contribution in [2.45, 2.75) is 111 Å². The number of rotatable bonds is 19. The monoisotopic (exact) mass is 354 g/mol. The minimum Gasteiger partial charge on any atom is -0.356 e. The predicted octanol–water partition coefficient (Wildman–Crippen LogP) is 5.93. The molecule has 0 bridgehead atoms. The normalized spacial score (nSPS) is 11.2. The molecule has 0 aliphatic rings. The number of unbranched alkanes of at least 4 members (excludes halogenated alkanes) is 11. The summed E-state index contributed by atoms with van der Waals surface area (Å²) in [6.07, 6.45) is 17.9. The first-order valence-corrected chi connectivity index (χ1v) is 11.2. The van der Waals surface area contributed by atoms with Gasteiger partial charge >= 0.3 is 0 Å². The summed E-state index contributed by atoms with van der Waals surface area (Å²) in [7, 11) is 0. The summed E-state index contributed by atoms with van der Waals surface area (Å²) in [6.45, 7) is 10.8. The summed E-state index contributed by atoms with van der Waals surface area (Å²) >= 11 is 0. The fraction of sp³-hybridized carbons (Fsp3) is 0.955. The van der Waals surface area contributed by atoms with Gasteiger partial charge in [0.1, 0.15) is 0 Å². The van der Waals surface area contributed by atoms with Gasteiger partial charge in [-0.05, 0) is 32.5 Å². The van der Waals surface area contributed by atoms with Gasteiger partial charge in [0, 0.05) is 13.0 Å². The van der Waals surface area contributed by atoms with Crippen molar-refractivity contribution in [3.8, 4) is 0 Å². The van der Waals surface area contributed by atoms with Gasteiger partial charge in [0.05, 0.1) is 0 Å². The van der Waals surface area contributed by atoms with Crippen molar-refractivity contribution in [3.63, 3.8) is 0 Å². The van der Waals surface area contributed by atoms with Crippen LogP contribution in [0, 0.1) is 0 Å². The largest absolute Gasteiger partial charge is 0.356 e. The van der Waals surface area contributed by atoms with Crippen LogP contribution in [0.25, 0.3) is 0 Å². The third-order valence-electron chi connectivity index (χ3n) is 5.13. The van der Waals surface area contributed by atoms with Crippen LogP contribution in [-0.2, 0) is 4.79 Å². The molecule has 150 valence electrons. The molecule has 0 spiro atoms. The fourth-order valence-electron chi connectivity index (χ4n) is 3.29. The zero-order valence-corrected chi connectivity index (χ0v) is 17.6. The molecule has 0 atom stereocenters. The quantitative estimate of drug-likeness (QED) is 0.292. The zero-order valence-electron chi connectivity index (χ0n) is 17.6. The zero-order chi connectivity index (χ0) is 18.6. The van der Waals surface area contributed by atoms with E-state index in [2.05, 4.69) is 31.0 Å². The Morgan fingerprint density at radius 1 is 0.680 bits per heavy atom. The number of nitrogens with one attached hydrogen (secondary N) is 1. The number of nitrogens with zero attached hydrogens (tertiary/aromatic N) is 1. The number of carbonyl (C=O) groups excluding carboxylic acids is 1. The number of hydrogen-bond donors (Lipinski definition) is 1. The van der Waals surface area contributed by atoms with Crippen molar-refractivity contribution in [2.75, 3.05) is 26.2 Å². The first-order valence-electron chi connectivity index (χ1n) is 11.2. The molecule has 25 heavy (non-hydrogen) atoms. The van der Waals surface area contributed by atoms with Gasteiger partial charge in [-0.25, -0.2) is 0 Å². The van der Waals surface area contributed by atoms with E-state index >= 15 is 0 Å². The maximum atomic E-state index is 11.8. The molecule has 0 saturated heterocycles. The third kappa shape index (κ3) is 18.0. The summed E-state index contributed by atoms with van der Waals surface area (Å²) in [5.74, 6) is 0.242. The van der Waals surface area contributed by atoms with Gasteiger partial charge in [0.2, 0.25) is 5.91 Å². The van der Waals surface area contributed by atoms with Crippen molar-refractivity contribution < 1.29 is 4.79 Å². The van der Waals surface area contributed by atoms with Crippen molar-refractivity contribution >= 4 is 5.91 Å². The fourth-order valence-corrected chi connectivity index (χ4v) is 3.29. The van der Waals surface area contributed by atoms with E-state index in [-0.39, 0.29) is 5.91 Å². The van der Waals surface area contributed by atoms with Crippen LogP contribution < -0.4 is 5.32 Å². The van der Waals surface area contributed by atoms with Crippen LogP contribution in [0.1, 0.15) is 111 Å². The van der Waals surface area contributed by atoms with Crippen LogP contribution >= 0.6 is 0 Å². The molecule has 0 aromatic heterocycles. The van der Waals surface area contributed by atoms with Crippen LogP contribution in [0.15, 0.2) is 0 Å². The molecule has 1 amide bonds. The third-order valence-corrected chi connectivity index (χ3v) is 5.13. The summed E-state index contributed by atoms with van der Waals surface area (Å²) < 4.78 is 0. The Kier molecular flexibility index (Phi) is 19.3. The average Bonchev–Trinajstić information content (AvgIpc) is 2.62. The lowest BCUT2D eigenvalue weighted by Gasteiger charge is -2.17. The maximum absolute atomic E-state index is 11.8. The van der Waals surface area contributed by atoms with E-state index in [9.17, 15) is 4.79 Å². The Balaban J connectivity index is 3.22. The summed E-state index contributed by atoms with van der Waals surface area (Å²) in [4.78, 5) is 14.2. The minimum absolute atomic E-state index is 0.242. The lowest BCUT2D eigenvalue weighted by Crippen LogP contribution is -2.29. The van der Waals surface area contributed by atoms with Crippen molar-refractivity contribution in [3.05, 3.63) is 0 Å². The Hall–Kier alpha value is -0.570. The average molecular weight is 355 g/mol. The van der Waals surface area contributed by atoms with Crippen LogP contribution in [0.2, 0.25) is 0 Å². The highest BCUT2D eigenvalue weighted by Gasteiger charge is 2.02. The van der Waals surface area contributed by atoms with E-state index in [0.717, 1.165) is 39.0 Å². The van der Waals surface area contributed by atoms with E-state index in [4.69, 9.17) is 0 Å². The Labute approximate surface area is 158 Å². The molecule has 0 fully saturated rings. The van der Waals surface area contributed by atoms with Crippen LogP contribution in [0.4, 0.5) is 0 Å². The topological polar surface area (TPSA) is 32.3 Å². The molecular formula is C22H46N2O. The molecule has 0 heterocycles. The molecule has 1 N–H and O–H groups in total. The second kappa shape index (κ2) is 19.8. The van der Waals surface area contributed by atoms with Gasteiger partial charge in [-0.2, -0.15) is 0 Å². The highest BCUT2D eigenvalue weighted by Crippen LogP contribution is 2.12. The Morgan fingerprint density at radius 2 is 1.16 bits per heavy atom. The number of amides is 1.